The van der Waals surface area contributed by atoms with E-state index >= 15 is 0 Å². The van der Waals surface area contributed by atoms with Gasteiger partial charge in [-0.25, -0.2) is 14.8 Å². The Morgan fingerprint density at radius 1 is 1.28 bits per heavy atom. The van der Waals surface area contributed by atoms with Crippen molar-refractivity contribution in [2.45, 2.75) is 25.5 Å². The second-order valence-electron chi connectivity index (χ2n) is 6.21. The maximum Gasteiger partial charge on any atom is 0.350 e. The molecule has 3 aromatic rings. The average Bonchev–Trinajstić information content (AvgIpc) is 3.30. The van der Waals surface area contributed by atoms with Gasteiger partial charge in [0.25, 0.3) is 0 Å². The van der Waals surface area contributed by atoms with Crippen LogP contribution in [0.25, 0.3) is 0 Å². The molecule has 3 rings (SSSR count). The Labute approximate surface area is 177 Å². The third-order valence-corrected chi connectivity index (χ3v) is 6.27. The van der Waals surface area contributed by atoms with E-state index in [2.05, 4.69) is 9.97 Å². The Morgan fingerprint density at radius 2 is 2.03 bits per heavy atom. The topological polar surface area (TPSA) is 77.3 Å². The minimum absolute atomic E-state index is 0.106. The lowest BCUT2D eigenvalue weighted by Crippen LogP contribution is -2.32. The Bertz CT molecular complexity index is 985. The zero-order valence-electron chi connectivity index (χ0n) is 16.5. The highest BCUT2D eigenvalue weighted by molar-refractivity contribution is 7.99. The number of esters is 1. The summed E-state index contributed by atoms with van der Waals surface area (Å²) >= 11 is 2.55. The maximum absolute atomic E-state index is 13.1. The summed E-state index contributed by atoms with van der Waals surface area (Å²) in [7, 11) is 1.89. The first-order valence-corrected chi connectivity index (χ1v) is 10.9. The van der Waals surface area contributed by atoms with Gasteiger partial charge in [0.1, 0.15) is 4.88 Å². The van der Waals surface area contributed by atoms with Crippen LogP contribution in [0.5, 0.6) is 0 Å². The number of imidazole rings is 1. The Balaban J connectivity index is 1.84. The first-order chi connectivity index (χ1) is 14.0. The number of hydrogen-bond acceptors (Lipinski definition) is 7. The first kappa shape index (κ1) is 21.1. The van der Waals surface area contributed by atoms with Crippen LogP contribution < -0.4 is 4.90 Å². The molecule has 0 spiro atoms. The molecule has 0 aliphatic rings. The zero-order chi connectivity index (χ0) is 20.8. The van der Waals surface area contributed by atoms with Crippen LogP contribution in [-0.2, 0) is 23.1 Å². The zero-order valence-corrected chi connectivity index (χ0v) is 18.1. The molecule has 0 bridgehead atoms. The van der Waals surface area contributed by atoms with E-state index in [-0.39, 0.29) is 11.7 Å². The average molecular weight is 431 g/mol. The molecule has 0 fully saturated rings. The van der Waals surface area contributed by atoms with E-state index in [1.807, 2.05) is 48.1 Å². The van der Waals surface area contributed by atoms with Crippen LogP contribution in [-0.4, -0.2) is 38.8 Å². The number of rotatable bonds is 8. The van der Waals surface area contributed by atoms with Gasteiger partial charge in [0.15, 0.2) is 10.3 Å². The van der Waals surface area contributed by atoms with E-state index < -0.39 is 5.97 Å². The van der Waals surface area contributed by atoms with Crippen molar-refractivity contribution in [1.29, 1.82) is 0 Å². The molecule has 29 heavy (non-hydrogen) atoms. The minimum atomic E-state index is -0.414. The summed E-state index contributed by atoms with van der Waals surface area (Å²) in [6, 6.07) is 9.70. The van der Waals surface area contributed by atoms with Crippen LogP contribution in [0.3, 0.4) is 0 Å². The van der Waals surface area contributed by atoms with Gasteiger partial charge < -0.3 is 9.30 Å². The molecule has 0 saturated heterocycles. The third-order valence-electron chi connectivity index (χ3n) is 4.06. The lowest BCUT2D eigenvalue weighted by atomic mass is 10.2. The molecule has 1 aromatic carbocycles. The molecule has 9 heteroatoms. The predicted molar refractivity (Wildman–Crippen MR) is 114 cm³/mol. The number of benzene rings is 1. The number of amides is 1. The highest BCUT2D eigenvalue weighted by Gasteiger charge is 2.24. The van der Waals surface area contributed by atoms with Crippen molar-refractivity contribution in [3.8, 4) is 0 Å². The van der Waals surface area contributed by atoms with Gasteiger partial charge in [-0.3, -0.25) is 9.69 Å². The highest BCUT2D eigenvalue weighted by Crippen LogP contribution is 2.29. The number of thioether (sulfide) groups is 1. The van der Waals surface area contributed by atoms with Crippen LogP contribution in [0.4, 0.5) is 5.13 Å². The van der Waals surface area contributed by atoms with Gasteiger partial charge >= 0.3 is 5.97 Å². The normalized spacial score (nSPS) is 10.7. The Morgan fingerprint density at radius 3 is 2.69 bits per heavy atom. The lowest BCUT2D eigenvalue weighted by Gasteiger charge is -2.20. The van der Waals surface area contributed by atoms with Crippen LogP contribution in [0.1, 0.15) is 27.9 Å². The number of carbonyl (C=O) groups excluding carboxylic acids is 2. The first-order valence-electron chi connectivity index (χ1n) is 9.08. The van der Waals surface area contributed by atoms with E-state index in [0.717, 1.165) is 10.7 Å². The number of nitrogens with zero attached hydrogens (tertiary/aromatic N) is 4. The fourth-order valence-corrected chi connectivity index (χ4v) is 4.39. The molecular formula is C20H22N4O3S2. The van der Waals surface area contributed by atoms with Gasteiger partial charge in [0, 0.05) is 19.4 Å². The van der Waals surface area contributed by atoms with Crippen LogP contribution in [0.15, 0.2) is 47.9 Å². The SMILES string of the molecule is CCOC(=O)c1sc(N(Cc2ccccc2)C(=O)CSc2nccn2C)nc1C. The Hall–Kier alpha value is -2.65. The largest absolute Gasteiger partial charge is 0.462 e. The minimum Gasteiger partial charge on any atom is -0.462 e. The molecule has 2 heterocycles. The molecule has 2 aromatic heterocycles. The molecule has 0 saturated carbocycles. The second-order valence-corrected chi connectivity index (χ2v) is 8.13. The van der Waals surface area contributed by atoms with E-state index in [9.17, 15) is 9.59 Å². The number of anilines is 1. The smallest absolute Gasteiger partial charge is 0.350 e. The number of hydrogen-bond donors (Lipinski definition) is 0. The van der Waals surface area contributed by atoms with Crippen molar-refractivity contribution < 1.29 is 14.3 Å². The summed E-state index contributed by atoms with van der Waals surface area (Å²) in [6.07, 6.45) is 3.54. The van der Waals surface area contributed by atoms with Crippen molar-refractivity contribution in [2.24, 2.45) is 7.05 Å². The Kier molecular flexibility index (Phi) is 7.05. The molecule has 0 atom stereocenters. The van der Waals surface area contributed by atoms with Crippen molar-refractivity contribution >= 4 is 40.1 Å². The summed E-state index contributed by atoms with van der Waals surface area (Å²) in [5, 5.41) is 1.25. The number of aryl methyl sites for hydroxylation is 2. The van der Waals surface area contributed by atoms with Crippen LogP contribution >= 0.6 is 23.1 Å². The van der Waals surface area contributed by atoms with Crippen LogP contribution in [0, 0.1) is 6.92 Å². The molecule has 0 N–H and O–H groups in total. The molecule has 0 radical (unpaired) electrons. The van der Waals surface area contributed by atoms with E-state index in [1.165, 1.54) is 23.1 Å². The molecular weight excluding hydrogens is 408 g/mol. The van der Waals surface area contributed by atoms with E-state index in [4.69, 9.17) is 4.74 Å². The molecule has 7 nitrogen and oxygen atoms in total. The summed E-state index contributed by atoms with van der Waals surface area (Å²) in [4.78, 5) is 36.0. The van der Waals surface area contributed by atoms with Crippen LogP contribution in [0.2, 0.25) is 0 Å². The standard InChI is InChI=1S/C20H22N4O3S2/c1-4-27-18(26)17-14(2)22-20(29-17)24(12-15-8-6-5-7-9-15)16(25)13-28-19-21-10-11-23(19)3/h5-11H,4,12-13H2,1-3H3. The fourth-order valence-electron chi connectivity index (χ4n) is 2.61. The number of carbonyl (C=O) groups is 2. The monoisotopic (exact) mass is 430 g/mol. The predicted octanol–water partition coefficient (Wildman–Crippen LogP) is 3.69. The molecule has 1 amide bonds. The summed E-state index contributed by atoms with van der Waals surface area (Å²) < 4.78 is 6.97. The van der Waals surface area contributed by atoms with Crippen molar-refractivity contribution in [2.75, 3.05) is 17.3 Å². The fraction of sp³-hybridized carbons (Fsp3) is 0.300. The quantitative estimate of drug-likeness (QED) is 0.401. The molecule has 0 aliphatic heterocycles. The summed E-state index contributed by atoms with van der Waals surface area (Å²) in [6.45, 7) is 4.17. The molecule has 0 aliphatic carbocycles. The van der Waals surface area contributed by atoms with Gasteiger partial charge in [-0.05, 0) is 19.4 Å². The lowest BCUT2D eigenvalue weighted by molar-refractivity contribution is -0.116. The van der Waals surface area contributed by atoms with Crippen molar-refractivity contribution in [1.82, 2.24) is 14.5 Å². The van der Waals surface area contributed by atoms with E-state index in [0.29, 0.717) is 28.9 Å². The van der Waals surface area contributed by atoms with E-state index in [1.54, 1.807) is 24.9 Å². The van der Waals surface area contributed by atoms with Gasteiger partial charge in [0.2, 0.25) is 5.91 Å². The number of aromatic nitrogens is 3. The summed E-state index contributed by atoms with van der Waals surface area (Å²) in [5.41, 5.74) is 1.54. The third kappa shape index (κ3) is 5.24. The van der Waals surface area contributed by atoms with Gasteiger partial charge in [-0.1, -0.05) is 53.4 Å². The van der Waals surface area contributed by atoms with Gasteiger partial charge in [0.05, 0.1) is 24.6 Å². The van der Waals surface area contributed by atoms with Gasteiger partial charge in [-0.2, -0.15) is 0 Å². The molecule has 152 valence electrons. The second kappa shape index (κ2) is 9.71. The number of ether oxygens (including phenoxy) is 1. The highest BCUT2D eigenvalue weighted by atomic mass is 32.2. The van der Waals surface area contributed by atoms with Crippen molar-refractivity contribution in [3.63, 3.8) is 0 Å². The number of thiazole rings is 1. The maximum atomic E-state index is 13.1. The molecule has 0 unspecified atom stereocenters. The van der Waals surface area contributed by atoms with Crippen molar-refractivity contribution in [3.05, 3.63) is 58.9 Å². The van der Waals surface area contributed by atoms with Gasteiger partial charge in [-0.15, -0.1) is 0 Å². The summed E-state index contributed by atoms with van der Waals surface area (Å²) in [5.74, 6) is -0.306.